The van der Waals surface area contributed by atoms with Crippen molar-refractivity contribution in [2.75, 3.05) is 6.61 Å². The molecule has 4 rings (SSSR count). The molecule has 0 aromatic carbocycles. The van der Waals surface area contributed by atoms with E-state index in [2.05, 4.69) is 20.8 Å². The third-order valence-electron chi connectivity index (χ3n) is 8.44. The maximum Gasteiger partial charge on any atom is 0.344 e. The molecule has 0 heterocycles. The molecule has 0 aromatic heterocycles. The van der Waals surface area contributed by atoms with Crippen molar-refractivity contribution in [1.82, 2.24) is 0 Å². The van der Waals surface area contributed by atoms with Crippen LogP contribution >= 0.6 is 0 Å². The van der Waals surface area contributed by atoms with Crippen LogP contribution in [-0.4, -0.2) is 24.1 Å². The summed E-state index contributed by atoms with van der Waals surface area (Å²) >= 11 is 0. The summed E-state index contributed by atoms with van der Waals surface area (Å²) in [7, 11) is 0. The molecule has 4 saturated carbocycles. The summed E-state index contributed by atoms with van der Waals surface area (Å²) in [5.74, 6) is 1.43. The van der Waals surface area contributed by atoms with E-state index in [1.165, 1.54) is 32.1 Å². The fourth-order valence-electron chi connectivity index (χ4n) is 6.93. The fourth-order valence-corrected chi connectivity index (χ4v) is 6.93. The minimum atomic E-state index is -0.565. The second-order valence-corrected chi connectivity index (χ2v) is 10.8. The second kappa shape index (κ2) is 7.65. The van der Waals surface area contributed by atoms with Gasteiger partial charge < -0.3 is 9.47 Å². The van der Waals surface area contributed by atoms with Gasteiger partial charge in [-0.05, 0) is 82.5 Å². The number of hydrogen-bond acceptors (Lipinski definition) is 4. The Bertz CT molecular complexity index is 588. The van der Waals surface area contributed by atoms with Crippen LogP contribution in [0, 0.1) is 34.5 Å². The summed E-state index contributed by atoms with van der Waals surface area (Å²) in [6.45, 7) is 12.3. The van der Waals surface area contributed by atoms with Crippen LogP contribution in [0.1, 0.15) is 92.9 Å². The molecule has 160 valence electrons. The van der Waals surface area contributed by atoms with Gasteiger partial charge in [0.25, 0.3) is 0 Å². The zero-order valence-corrected chi connectivity index (χ0v) is 18.8. The van der Waals surface area contributed by atoms with Crippen LogP contribution < -0.4 is 0 Å². The van der Waals surface area contributed by atoms with Gasteiger partial charge in [-0.15, -0.1) is 0 Å². The van der Waals surface area contributed by atoms with Crippen LogP contribution in [0.25, 0.3) is 0 Å². The zero-order valence-electron chi connectivity index (χ0n) is 18.8. The third kappa shape index (κ3) is 3.61. The Labute approximate surface area is 171 Å². The number of carbonyl (C=O) groups excluding carboxylic acids is 2. The fraction of sp³-hybridized carbons (Fsp3) is 0.917. The predicted molar refractivity (Wildman–Crippen MR) is 110 cm³/mol. The average molecular weight is 393 g/mol. The maximum absolute atomic E-state index is 12.9. The highest BCUT2D eigenvalue weighted by molar-refractivity contribution is 5.80. The summed E-state index contributed by atoms with van der Waals surface area (Å²) in [4.78, 5) is 25.2. The van der Waals surface area contributed by atoms with E-state index in [1.54, 1.807) is 0 Å². The number of carbonyl (C=O) groups is 2. The number of hydrogen-bond donors (Lipinski definition) is 0. The van der Waals surface area contributed by atoms with Crippen molar-refractivity contribution < 1.29 is 19.1 Å². The summed E-state index contributed by atoms with van der Waals surface area (Å²) in [6, 6.07) is 0. The SMILES string of the molecule is CCC(CC)C1(OC(=O)COC(=O)C(C)(C)CC)C2CC3CC1CC(C)(C3)C2. The second-order valence-electron chi connectivity index (χ2n) is 10.8. The van der Waals surface area contributed by atoms with Crippen molar-refractivity contribution in [3.05, 3.63) is 0 Å². The van der Waals surface area contributed by atoms with E-state index in [0.29, 0.717) is 29.6 Å². The Hall–Kier alpha value is -1.06. The van der Waals surface area contributed by atoms with E-state index in [-0.39, 0.29) is 24.1 Å². The summed E-state index contributed by atoms with van der Waals surface area (Å²) in [5, 5.41) is 0. The molecule has 2 atom stereocenters. The Morgan fingerprint density at radius 3 is 2.07 bits per heavy atom. The van der Waals surface area contributed by atoms with Gasteiger partial charge in [-0.2, -0.15) is 0 Å². The molecule has 0 amide bonds. The molecular formula is C24H40O4. The zero-order chi connectivity index (χ0) is 20.7. The van der Waals surface area contributed by atoms with E-state index >= 15 is 0 Å². The number of rotatable bonds is 8. The lowest BCUT2D eigenvalue weighted by molar-refractivity contribution is -0.245. The lowest BCUT2D eigenvalue weighted by atomic mass is 9.42. The van der Waals surface area contributed by atoms with E-state index in [1.807, 2.05) is 20.8 Å². The summed E-state index contributed by atoms with van der Waals surface area (Å²) in [6.07, 6.45) is 8.82. The quantitative estimate of drug-likeness (QED) is 0.510. The minimum absolute atomic E-state index is 0.260. The molecule has 0 saturated heterocycles. The van der Waals surface area contributed by atoms with Gasteiger partial charge in [0, 0.05) is 11.8 Å². The lowest BCUT2D eigenvalue weighted by Crippen LogP contribution is -2.65. The van der Waals surface area contributed by atoms with Crippen LogP contribution in [0.4, 0.5) is 0 Å². The topological polar surface area (TPSA) is 52.6 Å². The van der Waals surface area contributed by atoms with E-state index in [4.69, 9.17) is 9.47 Å². The minimum Gasteiger partial charge on any atom is -0.456 e. The highest BCUT2D eigenvalue weighted by Crippen LogP contribution is 2.66. The highest BCUT2D eigenvalue weighted by atomic mass is 16.6. The lowest BCUT2D eigenvalue weighted by Gasteiger charge is -2.65. The molecule has 0 N–H and O–H groups in total. The van der Waals surface area contributed by atoms with E-state index in [0.717, 1.165) is 18.8 Å². The largest absolute Gasteiger partial charge is 0.456 e. The first-order valence-corrected chi connectivity index (χ1v) is 11.5. The van der Waals surface area contributed by atoms with Gasteiger partial charge in [0.2, 0.25) is 0 Å². The maximum atomic E-state index is 12.9. The van der Waals surface area contributed by atoms with Gasteiger partial charge in [-0.3, -0.25) is 4.79 Å². The molecule has 4 bridgehead atoms. The van der Waals surface area contributed by atoms with E-state index in [9.17, 15) is 9.59 Å². The van der Waals surface area contributed by atoms with Gasteiger partial charge in [0.15, 0.2) is 6.61 Å². The molecule has 2 unspecified atom stereocenters. The monoisotopic (exact) mass is 392 g/mol. The smallest absolute Gasteiger partial charge is 0.344 e. The van der Waals surface area contributed by atoms with Crippen molar-refractivity contribution in [1.29, 1.82) is 0 Å². The summed E-state index contributed by atoms with van der Waals surface area (Å²) < 4.78 is 11.7. The van der Waals surface area contributed by atoms with Crippen molar-refractivity contribution in [2.45, 2.75) is 98.5 Å². The predicted octanol–water partition coefficient (Wildman–Crippen LogP) is 5.53. The standard InChI is InChI=1S/C24H40O4/c1-7-17(8-2)24(28-20(25)15-27-21(26)22(4,5)9-3)18-10-16-11-19(24)14-23(6,12-16)13-18/h16-19H,7-15H2,1-6H3. The van der Waals surface area contributed by atoms with Crippen LogP contribution in [0.15, 0.2) is 0 Å². The molecule has 0 radical (unpaired) electrons. The van der Waals surface area contributed by atoms with Gasteiger partial charge >= 0.3 is 11.9 Å². The molecule has 0 aromatic rings. The van der Waals surface area contributed by atoms with Crippen molar-refractivity contribution in [2.24, 2.45) is 34.5 Å². The molecule has 0 aliphatic heterocycles. The number of ether oxygens (including phenoxy) is 2. The average Bonchev–Trinajstić information content (AvgIpc) is 2.63. The van der Waals surface area contributed by atoms with Crippen molar-refractivity contribution in [3.8, 4) is 0 Å². The molecule has 28 heavy (non-hydrogen) atoms. The molecule has 4 nitrogen and oxygen atoms in total. The number of esters is 2. The molecular weight excluding hydrogens is 352 g/mol. The first-order valence-electron chi connectivity index (χ1n) is 11.5. The van der Waals surface area contributed by atoms with Crippen molar-refractivity contribution in [3.63, 3.8) is 0 Å². The molecule has 4 aliphatic carbocycles. The van der Waals surface area contributed by atoms with Gasteiger partial charge in [0.1, 0.15) is 5.60 Å². The Kier molecular flexibility index (Phi) is 5.91. The van der Waals surface area contributed by atoms with Crippen LogP contribution in [0.2, 0.25) is 0 Å². The van der Waals surface area contributed by atoms with Crippen molar-refractivity contribution >= 4 is 11.9 Å². The molecule has 4 aliphatic rings. The van der Waals surface area contributed by atoms with Gasteiger partial charge in [-0.25, -0.2) is 4.79 Å². The van der Waals surface area contributed by atoms with Crippen LogP contribution in [0.5, 0.6) is 0 Å². The Morgan fingerprint density at radius 2 is 1.61 bits per heavy atom. The molecule has 0 spiro atoms. The normalized spacial score (nSPS) is 36.6. The summed E-state index contributed by atoms with van der Waals surface area (Å²) in [5.41, 5.74) is -0.496. The van der Waals surface area contributed by atoms with Crippen LogP contribution in [0.3, 0.4) is 0 Å². The Balaban J connectivity index is 1.77. The first-order chi connectivity index (χ1) is 13.1. The Morgan fingerprint density at radius 1 is 1.04 bits per heavy atom. The van der Waals surface area contributed by atoms with Gasteiger partial charge in [-0.1, -0.05) is 27.7 Å². The van der Waals surface area contributed by atoms with E-state index < -0.39 is 5.41 Å². The molecule has 4 heteroatoms. The third-order valence-corrected chi connectivity index (χ3v) is 8.44. The highest BCUT2D eigenvalue weighted by Gasteiger charge is 2.64. The van der Waals surface area contributed by atoms with Gasteiger partial charge in [0.05, 0.1) is 5.41 Å². The molecule has 4 fully saturated rings. The van der Waals surface area contributed by atoms with Crippen LogP contribution in [-0.2, 0) is 19.1 Å². The first kappa shape index (κ1) is 21.6.